The lowest BCUT2D eigenvalue weighted by atomic mass is 10.2. The fourth-order valence-corrected chi connectivity index (χ4v) is 1.18. The van der Waals surface area contributed by atoms with Crippen LogP contribution in [0.1, 0.15) is 11.3 Å². The van der Waals surface area contributed by atoms with Crippen molar-refractivity contribution >= 4 is 0 Å². The first kappa shape index (κ1) is 9.20. The Balaban J connectivity index is 2.78. The van der Waals surface area contributed by atoms with Crippen molar-refractivity contribution in [3.8, 4) is 0 Å². The number of pyridine rings is 1. The minimum atomic E-state index is 0.773. The number of aryl methyl sites for hydroxylation is 1. The average molecular weight is 166 g/mol. The molecule has 0 N–H and O–H groups in total. The first-order valence-corrected chi connectivity index (χ1v) is 4.20. The van der Waals surface area contributed by atoms with Crippen molar-refractivity contribution < 1.29 is 9.30 Å². The summed E-state index contributed by atoms with van der Waals surface area (Å²) in [4.78, 5) is 0. The van der Waals surface area contributed by atoms with Gasteiger partial charge in [-0.15, -0.1) is 0 Å². The van der Waals surface area contributed by atoms with Gasteiger partial charge < -0.3 is 4.74 Å². The summed E-state index contributed by atoms with van der Waals surface area (Å²) in [5, 5.41) is 0. The summed E-state index contributed by atoms with van der Waals surface area (Å²) >= 11 is 0. The van der Waals surface area contributed by atoms with Crippen molar-refractivity contribution in [2.45, 2.75) is 20.4 Å². The van der Waals surface area contributed by atoms with Gasteiger partial charge in [0.15, 0.2) is 18.4 Å². The van der Waals surface area contributed by atoms with Crippen molar-refractivity contribution in [1.29, 1.82) is 0 Å². The van der Waals surface area contributed by atoms with E-state index in [-0.39, 0.29) is 0 Å². The normalized spacial score (nSPS) is 10.2. The maximum atomic E-state index is 5.02. The highest BCUT2D eigenvalue weighted by Gasteiger charge is 2.06. The van der Waals surface area contributed by atoms with E-state index < -0.39 is 0 Å². The van der Waals surface area contributed by atoms with Crippen LogP contribution in [0.25, 0.3) is 0 Å². The fourth-order valence-electron chi connectivity index (χ4n) is 1.18. The van der Waals surface area contributed by atoms with Crippen molar-refractivity contribution in [1.82, 2.24) is 0 Å². The third-order valence-corrected chi connectivity index (χ3v) is 2.15. The molecule has 1 rings (SSSR count). The number of hydrogen-bond donors (Lipinski definition) is 0. The van der Waals surface area contributed by atoms with E-state index in [9.17, 15) is 0 Å². The molecule has 0 bridgehead atoms. The van der Waals surface area contributed by atoms with Gasteiger partial charge in [-0.3, -0.25) is 0 Å². The predicted octanol–water partition coefficient (Wildman–Crippen LogP) is 1.24. The lowest BCUT2D eigenvalue weighted by Gasteiger charge is -2.01. The Bertz CT molecular complexity index is 258. The molecule has 0 saturated heterocycles. The summed E-state index contributed by atoms with van der Waals surface area (Å²) in [6.07, 6.45) is 2.08. The summed E-state index contributed by atoms with van der Waals surface area (Å²) in [6, 6.07) is 4.19. The summed E-state index contributed by atoms with van der Waals surface area (Å²) in [5.74, 6) is 0. The van der Waals surface area contributed by atoms with Crippen LogP contribution in [0, 0.1) is 13.8 Å². The number of rotatable bonds is 3. The van der Waals surface area contributed by atoms with Crippen LogP contribution >= 0.6 is 0 Å². The number of nitrogens with zero attached hydrogens (tertiary/aromatic N) is 1. The van der Waals surface area contributed by atoms with Crippen LogP contribution in [0.5, 0.6) is 0 Å². The van der Waals surface area contributed by atoms with Crippen molar-refractivity contribution in [2.75, 3.05) is 13.7 Å². The molecular formula is C10H16NO+. The third-order valence-electron chi connectivity index (χ3n) is 2.15. The van der Waals surface area contributed by atoms with E-state index >= 15 is 0 Å². The molecule has 0 fully saturated rings. The smallest absolute Gasteiger partial charge is 0.181 e. The summed E-state index contributed by atoms with van der Waals surface area (Å²) < 4.78 is 7.23. The summed E-state index contributed by atoms with van der Waals surface area (Å²) in [7, 11) is 1.73. The molecule has 0 aromatic carbocycles. The molecule has 0 aliphatic carbocycles. The molecular weight excluding hydrogens is 150 g/mol. The quantitative estimate of drug-likeness (QED) is 0.616. The van der Waals surface area contributed by atoms with Crippen LogP contribution < -0.4 is 4.57 Å². The van der Waals surface area contributed by atoms with E-state index in [0.29, 0.717) is 0 Å². The topological polar surface area (TPSA) is 13.1 Å². The molecule has 0 atom stereocenters. The molecule has 0 aliphatic rings. The van der Waals surface area contributed by atoms with Gasteiger partial charge >= 0.3 is 0 Å². The molecule has 1 aromatic rings. The Morgan fingerprint density at radius 2 is 2.17 bits per heavy atom. The zero-order chi connectivity index (χ0) is 8.97. The van der Waals surface area contributed by atoms with Crippen molar-refractivity contribution in [2.24, 2.45) is 0 Å². The zero-order valence-corrected chi connectivity index (χ0v) is 8.00. The highest BCUT2D eigenvalue weighted by Crippen LogP contribution is 1.98. The lowest BCUT2D eigenvalue weighted by molar-refractivity contribution is -0.704. The maximum absolute atomic E-state index is 5.02. The Labute approximate surface area is 73.8 Å². The molecule has 66 valence electrons. The summed E-state index contributed by atoms with van der Waals surface area (Å²) in [5.41, 5.74) is 2.64. The third kappa shape index (κ3) is 2.05. The van der Waals surface area contributed by atoms with Gasteiger partial charge in [-0.1, -0.05) is 0 Å². The minimum Gasteiger partial charge on any atom is -0.378 e. The van der Waals surface area contributed by atoms with E-state index in [1.54, 1.807) is 7.11 Å². The monoisotopic (exact) mass is 166 g/mol. The van der Waals surface area contributed by atoms with E-state index in [1.165, 1.54) is 11.3 Å². The molecule has 0 amide bonds. The van der Waals surface area contributed by atoms with Crippen molar-refractivity contribution in [3.05, 3.63) is 29.6 Å². The zero-order valence-electron chi connectivity index (χ0n) is 8.00. The maximum Gasteiger partial charge on any atom is 0.181 e. The summed E-state index contributed by atoms with van der Waals surface area (Å²) in [6.45, 7) is 5.96. The van der Waals surface area contributed by atoms with E-state index in [0.717, 1.165) is 13.2 Å². The Morgan fingerprint density at radius 1 is 1.42 bits per heavy atom. The Kier molecular flexibility index (Phi) is 3.23. The molecule has 0 saturated carbocycles. The van der Waals surface area contributed by atoms with E-state index in [2.05, 4.69) is 36.7 Å². The predicted molar refractivity (Wildman–Crippen MR) is 48.0 cm³/mol. The second-order valence-corrected chi connectivity index (χ2v) is 2.96. The molecule has 0 radical (unpaired) electrons. The number of ether oxygens (including phenoxy) is 1. The van der Waals surface area contributed by atoms with Gasteiger partial charge in [0.2, 0.25) is 0 Å². The van der Waals surface area contributed by atoms with Gasteiger partial charge in [0.05, 0.1) is 0 Å². The first-order valence-electron chi connectivity index (χ1n) is 4.20. The van der Waals surface area contributed by atoms with Crippen LogP contribution in [-0.4, -0.2) is 13.7 Å². The molecule has 0 spiro atoms. The van der Waals surface area contributed by atoms with Gasteiger partial charge in [-0.05, 0) is 13.0 Å². The largest absolute Gasteiger partial charge is 0.378 e. The number of hydrogen-bond acceptors (Lipinski definition) is 1. The van der Waals surface area contributed by atoms with Gasteiger partial charge in [0, 0.05) is 25.7 Å². The molecule has 1 heterocycles. The number of methoxy groups -OCH3 is 1. The van der Waals surface area contributed by atoms with Crippen LogP contribution in [0.4, 0.5) is 0 Å². The second kappa shape index (κ2) is 4.21. The molecule has 2 heteroatoms. The first-order chi connectivity index (χ1) is 5.75. The van der Waals surface area contributed by atoms with Crippen LogP contribution in [0.15, 0.2) is 18.3 Å². The molecule has 0 aliphatic heterocycles. The number of aromatic nitrogens is 1. The average Bonchev–Trinajstić information content (AvgIpc) is 2.08. The van der Waals surface area contributed by atoms with Gasteiger partial charge in [0.1, 0.15) is 6.61 Å². The minimum absolute atomic E-state index is 0.773. The van der Waals surface area contributed by atoms with Gasteiger partial charge in [-0.25, -0.2) is 4.57 Å². The van der Waals surface area contributed by atoms with E-state index in [4.69, 9.17) is 4.74 Å². The molecule has 1 aromatic heterocycles. The Hall–Kier alpha value is -0.890. The van der Waals surface area contributed by atoms with E-state index in [1.807, 2.05) is 0 Å². The second-order valence-electron chi connectivity index (χ2n) is 2.96. The standard InChI is InChI=1S/C10H16NO/c1-9-5-4-6-11(10(9)2)7-8-12-3/h4-6H,7-8H2,1-3H3/q+1. The molecule has 0 unspecified atom stereocenters. The van der Waals surface area contributed by atoms with Gasteiger partial charge in [-0.2, -0.15) is 0 Å². The SMILES string of the molecule is COCC[n+]1cccc(C)c1C. The Morgan fingerprint density at radius 3 is 2.83 bits per heavy atom. The van der Waals surface area contributed by atoms with Crippen molar-refractivity contribution in [3.63, 3.8) is 0 Å². The highest BCUT2D eigenvalue weighted by molar-refractivity contribution is 5.10. The van der Waals surface area contributed by atoms with Crippen LogP contribution in [0.2, 0.25) is 0 Å². The van der Waals surface area contributed by atoms with Crippen LogP contribution in [-0.2, 0) is 11.3 Å². The van der Waals surface area contributed by atoms with Gasteiger partial charge in [0.25, 0.3) is 0 Å². The molecule has 12 heavy (non-hydrogen) atoms. The lowest BCUT2D eigenvalue weighted by Crippen LogP contribution is -2.39. The van der Waals surface area contributed by atoms with Crippen LogP contribution in [0.3, 0.4) is 0 Å². The fraction of sp³-hybridized carbons (Fsp3) is 0.500. The highest BCUT2D eigenvalue weighted by atomic mass is 16.5. The molecule has 2 nitrogen and oxygen atoms in total.